The summed E-state index contributed by atoms with van der Waals surface area (Å²) in [5, 5.41) is 0. The van der Waals surface area contributed by atoms with Crippen molar-refractivity contribution in [2.24, 2.45) is 5.92 Å². The summed E-state index contributed by atoms with van der Waals surface area (Å²) in [6, 6.07) is 12.3. The molecule has 2 aromatic carbocycles. The van der Waals surface area contributed by atoms with Gasteiger partial charge < -0.3 is 0 Å². The number of aryl methyl sites for hydroxylation is 1. The summed E-state index contributed by atoms with van der Waals surface area (Å²) in [5.41, 5.74) is 5.97. The predicted octanol–water partition coefficient (Wildman–Crippen LogP) is 6.96. The highest BCUT2D eigenvalue weighted by molar-refractivity contribution is 7.85. The number of hydrogen-bond acceptors (Lipinski definition) is 2. The van der Waals surface area contributed by atoms with Gasteiger partial charge in [0.05, 0.1) is 4.90 Å². The highest BCUT2D eigenvalue weighted by atomic mass is 32.2. The second-order valence-corrected chi connectivity index (χ2v) is 12.8. The van der Waals surface area contributed by atoms with Crippen LogP contribution < -0.4 is 0 Å². The van der Waals surface area contributed by atoms with E-state index in [0.717, 1.165) is 36.8 Å². The van der Waals surface area contributed by atoms with Gasteiger partial charge in [-0.1, -0.05) is 83.9 Å². The Bertz CT molecular complexity index is 1020. The van der Waals surface area contributed by atoms with E-state index in [4.69, 9.17) is 0 Å². The average Bonchev–Trinajstić information content (AvgIpc) is 3.06. The molecular formula is C27H38O3S. The van der Waals surface area contributed by atoms with E-state index < -0.39 is 10.1 Å². The smallest absolute Gasteiger partial charge is 0.282 e. The zero-order valence-electron chi connectivity index (χ0n) is 20.1. The van der Waals surface area contributed by atoms with Gasteiger partial charge in [0.25, 0.3) is 10.1 Å². The Balaban J connectivity index is 2.01. The largest absolute Gasteiger partial charge is 0.294 e. The van der Waals surface area contributed by atoms with Crippen LogP contribution in [0.3, 0.4) is 0 Å². The van der Waals surface area contributed by atoms with Gasteiger partial charge in [0.15, 0.2) is 0 Å². The Morgan fingerprint density at radius 1 is 0.903 bits per heavy atom. The first-order valence-electron chi connectivity index (χ1n) is 11.4. The first-order valence-corrected chi connectivity index (χ1v) is 12.8. The van der Waals surface area contributed by atoms with Gasteiger partial charge >= 0.3 is 0 Å². The molecule has 1 saturated carbocycles. The van der Waals surface area contributed by atoms with Crippen LogP contribution in [0.5, 0.6) is 0 Å². The van der Waals surface area contributed by atoms with Gasteiger partial charge in [0.1, 0.15) is 0 Å². The standard InChI is InChI=1S/C27H38O3S/c1-18-11-12-25(31(28,29)30)24(13-18)23-10-8-9-20(23)14-19-15-21(26(2,3)4)17-22(16-19)27(5,6)7/h11-13,15-17,20,23H,8-10,14H2,1-7H3,(H,28,29,30)/t20-,23-/m1/s1. The van der Waals surface area contributed by atoms with Gasteiger partial charge in [-0.25, -0.2) is 0 Å². The van der Waals surface area contributed by atoms with Crippen LogP contribution >= 0.6 is 0 Å². The Morgan fingerprint density at radius 2 is 1.48 bits per heavy atom. The molecule has 1 aliphatic rings. The number of hydrogen-bond donors (Lipinski definition) is 1. The summed E-state index contributed by atoms with van der Waals surface area (Å²) in [5.74, 6) is 0.513. The van der Waals surface area contributed by atoms with E-state index in [1.807, 2.05) is 13.0 Å². The van der Waals surface area contributed by atoms with Gasteiger partial charge in [-0.15, -0.1) is 0 Å². The van der Waals surface area contributed by atoms with E-state index in [-0.39, 0.29) is 21.6 Å². The van der Waals surface area contributed by atoms with Gasteiger partial charge in [-0.05, 0) is 77.2 Å². The highest BCUT2D eigenvalue weighted by Crippen LogP contribution is 2.44. The van der Waals surface area contributed by atoms with Crippen LogP contribution in [-0.2, 0) is 27.4 Å². The average molecular weight is 443 g/mol. The lowest BCUT2D eigenvalue weighted by molar-refractivity contribution is 0.461. The van der Waals surface area contributed by atoms with Crippen molar-refractivity contribution in [1.82, 2.24) is 0 Å². The van der Waals surface area contributed by atoms with Crippen molar-refractivity contribution in [2.45, 2.75) is 95.8 Å². The van der Waals surface area contributed by atoms with Crippen LogP contribution in [0.1, 0.15) is 94.5 Å². The third-order valence-electron chi connectivity index (χ3n) is 6.72. The monoisotopic (exact) mass is 442 g/mol. The SMILES string of the molecule is Cc1ccc(S(=O)(=O)O)c([C@@H]2CCC[C@@H]2Cc2cc(C(C)(C)C)cc(C(C)(C)C)c2)c1. The Kier molecular flexibility index (Phi) is 6.48. The molecule has 0 bridgehead atoms. The Morgan fingerprint density at radius 3 is 2.00 bits per heavy atom. The fourth-order valence-electron chi connectivity index (χ4n) is 4.86. The lowest BCUT2D eigenvalue weighted by Crippen LogP contribution is -2.18. The molecule has 2 atom stereocenters. The molecule has 0 aliphatic heterocycles. The van der Waals surface area contributed by atoms with E-state index in [0.29, 0.717) is 5.92 Å². The normalized spacial score (nSPS) is 20.3. The third-order valence-corrected chi connectivity index (χ3v) is 7.65. The van der Waals surface area contributed by atoms with Crippen LogP contribution in [0.4, 0.5) is 0 Å². The predicted molar refractivity (Wildman–Crippen MR) is 129 cm³/mol. The fraction of sp³-hybridized carbons (Fsp3) is 0.556. The topological polar surface area (TPSA) is 54.4 Å². The van der Waals surface area contributed by atoms with Crippen molar-refractivity contribution in [2.75, 3.05) is 0 Å². The zero-order valence-corrected chi connectivity index (χ0v) is 20.9. The molecule has 1 N–H and O–H groups in total. The molecular weight excluding hydrogens is 404 g/mol. The lowest BCUT2D eigenvalue weighted by atomic mass is 9.77. The van der Waals surface area contributed by atoms with Crippen LogP contribution in [-0.4, -0.2) is 13.0 Å². The van der Waals surface area contributed by atoms with Gasteiger partial charge in [-0.3, -0.25) is 4.55 Å². The molecule has 1 fully saturated rings. The maximum atomic E-state index is 12.1. The van der Waals surface area contributed by atoms with E-state index in [1.54, 1.807) is 12.1 Å². The Hall–Kier alpha value is -1.65. The quantitative estimate of drug-likeness (QED) is 0.521. The van der Waals surface area contributed by atoms with Crippen LogP contribution in [0.2, 0.25) is 0 Å². The highest BCUT2D eigenvalue weighted by Gasteiger charge is 2.33. The van der Waals surface area contributed by atoms with Gasteiger partial charge in [0, 0.05) is 0 Å². The first-order chi connectivity index (χ1) is 14.2. The number of benzene rings is 2. The second kappa shape index (κ2) is 8.37. The summed E-state index contributed by atoms with van der Waals surface area (Å²) < 4.78 is 33.9. The molecule has 3 nitrogen and oxygen atoms in total. The molecule has 0 saturated heterocycles. The minimum absolute atomic E-state index is 0.0692. The van der Waals surface area contributed by atoms with E-state index in [2.05, 4.69) is 59.7 Å². The van der Waals surface area contributed by atoms with Crippen LogP contribution in [0, 0.1) is 12.8 Å². The second-order valence-electron chi connectivity index (χ2n) is 11.4. The summed E-state index contributed by atoms with van der Waals surface area (Å²) in [6.45, 7) is 15.5. The lowest BCUT2D eigenvalue weighted by Gasteiger charge is -2.28. The molecule has 0 amide bonds. The van der Waals surface area contributed by atoms with Crippen molar-refractivity contribution < 1.29 is 13.0 Å². The molecule has 0 unspecified atom stereocenters. The van der Waals surface area contributed by atoms with E-state index in [9.17, 15) is 13.0 Å². The zero-order chi connectivity index (χ0) is 23.2. The number of rotatable bonds is 4. The molecule has 1 aliphatic carbocycles. The molecule has 0 radical (unpaired) electrons. The molecule has 2 aromatic rings. The minimum atomic E-state index is -4.24. The van der Waals surface area contributed by atoms with Crippen molar-refractivity contribution in [3.63, 3.8) is 0 Å². The molecule has 170 valence electrons. The van der Waals surface area contributed by atoms with Crippen LogP contribution in [0.15, 0.2) is 41.3 Å². The molecule has 31 heavy (non-hydrogen) atoms. The summed E-state index contributed by atoms with van der Waals surface area (Å²) in [7, 11) is -4.24. The van der Waals surface area contributed by atoms with Gasteiger partial charge in [0.2, 0.25) is 0 Å². The molecule has 3 rings (SSSR count). The van der Waals surface area contributed by atoms with Gasteiger partial charge in [-0.2, -0.15) is 8.42 Å². The summed E-state index contributed by atoms with van der Waals surface area (Å²) in [4.78, 5) is 0.0776. The molecule has 4 heteroatoms. The molecule has 0 heterocycles. The summed E-state index contributed by atoms with van der Waals surface area (Å²) >= 11 is 0. The van der Waals surface area contributed by atoms with Crippen molar-refractivity contribution in [3.05, 3.63) is 64.2 Å². The maximum absolute atomic E-state index is 12.1. The minimum Gasteiger partial charge on any atom is -0.282 e. The first kappa shape index (κ1) is 24.0. The van der Waals surface area contributed by atoms with Crippen molar-refractivity contribution >= 4 is 10.1 Å². The van der Waals surface area contributed by atoms with Crippen molar-refractivity contribution in [3.8, 4) is 0 Å². The van der Waals surface area contributed by atoms with E-state index >= 15 is 0 Å². The van der Waals surface area contributed by atoms with E-state index in [1.165, 1.54) is 16.7 Å². The molecule has 0 aromatic heterocycles. The Labute approximate surface area is 189 Å². The summed E-state index contributed by atoms with van der Waals surface area (Å²) in [6.07, 6.45) is 4.05. The van der Waals surface area contributed by atoms with Crippen molar-refractivity contribution in [1.29, 1.82) is 0 Å². The maximum Gasteiger partial charge on any atom is 0.294 e. The van der Waals surface area contributed by atoms with Crippen LogP contribution in [0.25, 0.3) is 0 Å². The third kappa shape index (κ3) is 5.59. The molecule has 0 spiro atoms. The fourth-order valence-corrected chi connectivity index (χ4v) is 5.61.